The van der Waals surface area contributed by atoms with E-state index < -0.39 is 12.0 Å². The van der Waals surface area contributed by atoms with Crippen molar-refractivity contribution in [3.05, 3.63) is 29.8 Å². The quantitative estimate of drug-likeness (QED) is 0.666. The van der Waals surface area contributed by atoms with Crippen molar-refractivity contribution in [1.29, 1.82) is 0 Å². The molecule has 1 aliphatic rings. The monoisotopic (exact) mass is 375 g/mol. The summed E-state index contributed by atoms with van der Waals surface area (Å²) < 4.78 is 5.13. The van der Waals surface area contributed by atoms with Gasteiger partial charge < -0.3 is 20.7 Å². The van der Waals surface area contributed by atoms with Gasteiger partial charge in [-0.1, -0.05) is 19.1 Å². The zero-order valence-electron chi connectivity index (χ0n) is 16.2. The number of ether oxygens (including phenoxy) is 1. The number of urea groups is 1. The summed E-state index contributed by atoms with van der Waals surface area (Å²) in [6, 6.07) is 6.25. The van der Waals surface area contributed by atoms with E-state index in [1.54, 1.807) is 24.3 Å². The van der Waals surface area contributed by atoms with E-state index in [0.717, 1.165) is 25.7 Å². The number of carbonyl (C=O) groups is 3. The van der Waals surface area contributed by atoms with Gasteiger partial charge in [-0.25, -0.2) is 9.59 Å². The summed E-state index contributed by atoms with van der Waals surface area (Å²) in [7, 11) is 0. The molecular weight excluding hydrogens is 346 g/mol. The molecule has 0 saturated heterocycles. The van der Waals surface area contributed by atoms with Crippen LogP contribution in [0, 0.1) is 5.92 Å². The molecule has 3 N–H and O–H groups in total. The van der Waals surface area contributed by atoms with Gasteiger partial charge in [-0.3, -0.25) is 4.79 Å². The van der Waals surface area contributed by atoms with Gasteiger partial charge in [0, 0.05) is 12.1 Å². The molecule has 0 bridgehead atoms. The van der Waals surface area contributed by atoms with Gasteiger partial charge in [-0.2, -0.15) is 0 Å². The lowest BCUT2D eigenvalue weighted by atomic mass is 9.87. The fourth-order valence-corrected chi connectivity index (χ4v) is 3.07. The summed E-state index contributed by atoms with van der Waals surface area (Å²) in [6.07, 6.45) is 4.11. The van der Waals surface area contributed by atoms with Crippen molar-refractivity contribution in [2.24, 2.45) is 5.92 Å². The van der Waals surface area contributed by atoms with E-state index in [2.05, 4.69) is 22.9 Å². The Bertz CT molecular complexity index is 667. The molecule has 1 aromatic carbocycles. The van der Waals surface area contributed by atoms with Gasteiger partial charge >= 0.3 is 12.0 Å². The topological polar surface area (TPSA) is 96.5 Å². The molecule has 0 aromatic heterocycles. The van der Waals surface area contributed by atoms with Crippen molar-refractivity contribution in [1.82, 2.24) is 10.6 Å². The van der Waals surface area contributed by atoms with E-state index in [1.807, 2.05) is 13.8 Å². The van der Waals surface area contributed by atoms with Crippen LogP contribution < -0.4 is 16.0 Å². The van der Waals surface area contributed by atoms with Crippen LogP contribution in [-0.4, -0.2) is 36.6 Å². The van der Waals surface area contributed by atoms with Crippen LogP contribution in [0.2, 0.25) is 0 Å². The molecule has 0 aliphatic heterocycles. The SMILES string of the molecule is CC1CCC(NC(=O)COC(=O)c2ccccc2NC(=O)NC(C)C)CC1. The maximum atomic E-state index is 12.3. The zero-order chi connectivity index (χ0) is 19.8. The van der Waals surface area contributed by atoms with E-state index >= 15 is 0 Å². The van der Waals surface area contributed by atoms with Gasteiger partial charge in [0.25, 0.3) is 5.91 Å². The molecule has 0 unspecified atom stereocenters. The first-order chi connectivity index (χ1) is 12.8. The number of nitrogens with one attached hydrogen (secondary N) is 3. The first kappa shape index (κ1) is 20.7. The molecule has 2 rings (SSSR count). The summed E-state index contributed by atoms with van der Waals surface area (Å²) in [5.74, 6) is -0.248. The van der Waals surface area contributed by atoms with E-state index in [0.29, 0.717) is 11.6 Å². The summed E-state index contributed by atoms with van der Waals surface area (Å²) in [4.78, 5) is 36.2. The van der Waals surface area contributed by atoms with Crippen molar-refractivity contribution in [3.63, 3.8) is 0 Å². The molecule has 1 aliphatic carbocycles. The summed E-state index contributed by atoms with van der Waals surface area (Å²) in [6.45, 7) is 5.56. The third kappa shape index (κ3) is 6.92. The van der Waals surface area contributed by atoms with Gasteiger partial charge in [-0.05, 0) is 57.6 Å². The number of hydrogen-bond acceptors (Lipinski definition) is 4. The van der Waals surface area contributed by atoms with Gasteiger partial charge in [0.2, 0.25) is 0 Å². The molecule has 7 heteroatoms. The lowest BCUT2D eigenvalue weighted by molar-refractivity contribution is -0.125. The first-order valence-corrected chi connectivity index (χ1v) is 9.48. The van der Waals surface area contributed by atoms with Crippen molar-refractivity contribution in [2.45, 2.75) is 58.5 Å². The number of amides is 3. The molecule has 27 heavy (non-hydrogen) atoms. The third-order valence-corrected chi connectivity index (χ3v) is 4.53. The lowest BCUT2D eigenvalue weighted by Gasteiger charge is -2.26. The van der Waals surface area contributed by atoms with Crippen molar-refractivity contribution < 1.29 is 19.1 Å². The zero-order valence-corrected chi connectivity index (χ0v) is 16.2. The van der Waals surface area contributed by atoms with E-state index in [4.69, 9.17) is 4.74 Å². The number of anilines is 1. The smallest absolute Gasteiger partial charge is 0.340 e. The molecule has 1 aromatic rings. The summed E-state index contributed by atoms with van der Waals surface area (Å²) >= 11 is 0. The van der Waals surface area contributed by atoms with Crippen LogP contribution in [0.3, 0.4) is 0 Å². The number of carbonyl (C=O) groups excluding carboxylic acids is 3. The molecule has 1 saturated carbocycles. The van der Waals surface area contributed by atoms with Crippen LogP contribution in [0.4, 0.5) is 10.5 Å². The van der Waals surface area contributed by atoms with Crippen molar-refractivity contribution in [2.75, 3.05) is 11.9 Å². The van der Waals surface area contributed by atoms with Gasteiger partial charge in [0.15, 0.2) is 6.61 Å². The number of rotatable bonds is 6. The Morgan fingerprint density at radius 3 is 2.44 bits per heavy atom. The Hall–Kier alpha value is -2.57. The number of hydrogen-bond donors (Lipinski definition) is 3. The largest absolute Gasteiger partial charge is 0.452 e. The van der Waals surface area contributed by atoms with Gasteiger partial charge in [0.05, 0.1) is 11.3 Å². The van der Waals surface area contributed by atoms with Crippen LogP contribution in [0.5, 0.6) is 0 Å². The maximum Gasteiger partial charge on any atom is 0.340 e. The van der Waals surface area contributed by atoms with E-state index in [9.17, 15) is 14.4 Å². The normalized spacial score (nSPS) is 19.3. The standard InChI is InChI=1S/C20H29N3O4/c1-13(2)21-20(26)23-17-7-5-4-6-16(17)19(25)27-12-18(24)22-15-10-8-14(3)9-11-15/h4-7,13-15H,8-12H2,1-3H3,(H,22,24)(H2,21,23,26). The molecule has 3 amide bonds. The number of para-hydroxylation sites is 1. The van der Waals surface area contributed by atoms with Crippen molar-refractivity contribution >= 4 is 23.6 Å². The number of benzene rings is 1. The van der Waals surface area contributed by atoms with Gasteiger partial charge in [0.1, 0.15) is 0 Å². The first-order valence-electron chi connectivity index (χ1n) is 9.48. The highest BCUT2D eigenvalue weighted by molar-refractivity contribution is 6.01. The second-order valence-electron chi connectivity index (χ2n) is 7.40. The highest BCUT2D eigenvalue weighted by Gasteiger charge is 2.21. The second kappa shape index (κ2) is 9.94. The second-order valence-corrected chi connectivity index (χ2v) is 7.40. The molecule has 0 heterocycles. The van der Waals surface area contributed by atoms with Crippen LogP contribution in [-0.2, 0) is 9.53 Å². The fourth-order valence-electron chi connectivity index (χ4n) is 3.07. The summed E-state index contributed by atoms with van der Waals surface area (Å²) in [5.41, 5.74) is 0.540. The molecule has 0 atom stereocenters. The van der Waals surface area contributed by atoms with E-state index in [1.165, 1.54) is 0 Å². The molecule has 7 nitrogen and oxygen atoms in total. The Kier molecular flexibility index (Phi) is 7.64. The predicted octanol–water partition coefficient (Wildman–Crippen LogP) is 3.07. The number of esters is 1. The Balaban J connectivity index is 1.86. The Morgan fingerprint density at radius 2 is 1.78 bits per heavy atom. The highest BCUT2D eigenvalue weighted by atomic mass is 16.5. The van der Waals surface area contributed by atoms with Crippen LogP contribution >= 0.6 is 0 Å². The molecular formula is C20H29N3O4. The minimum atomic E-state index is -0.650. The minimum Gasteiger partial charge on any atom is -0.452 e. The fraction of sp³-hybridized carbons (Fsp3) is 0.550. The lowest BCUT2D eigenvalue weighted by Crippen LogP contribution is -2.39. The van der Waals surface area contributed by atoms with Crippen molar-refractivity contribution in [3.8, 4) is 0 Å². The Labute approximate surface area is 160 Å². The average molecular weight is 375 g/mol. The molecule has 0 spiro atoms. The van der Waals surface area contributed by atoms with Gasteiger partial charge in [-0.15, -0.1) is 0 Å². The van der Waals surface area contributed by atoms with Crippen LogP contribution in [0.25, 0.3) is 0 Å². The highest BCUT2D eigenvalue weighted by Crippen LogP contribution is 2.23. The van der Waals surface area contributed by atoms with Crippen LogP contribution in [0.1, 0.15) is 56.8 Å². The molecule has 148 valence electrons. The van der Waals surface area contributed by atoms with E-state index in [-0.39, 0.29) is 30.2 Å². The molecule has 1 fully saturated rings. The maximum absolute atomic E-state index is 12.3. The molecule has 0 radical (unpaired) electrons. The summed E-state index contributed by atoms with van der Waals surface area (Å²) in [5, 5.41) is 8.24. The predicted molar refractivity (Wildman–Crippen MR) is 104 cm³/mol. The Morgan fingerprint density at radius 1 is 1.11 bits per heavy atom. The van der Waals surface area contributed by atoms with Crippen LogP contribution in [0.15, 0.2) is 24.3 Å². The third-order valence-electron chi connectivity index (χ3n) is 4.53. The average Bonchev–Trinajstić information content (AvgIpc) is 2.61. The minimum absolute atomic E-state index is 0.0319.